The first-order chi connectivity index (χ1) is 25.8. The van der Waals surface area contributed by atoms with Gasteiger partial charge >= 0.3 is 0 Å². The van der Waals surface area contributed by atoms with Crippen LogP contribution in [0.15, 0.2) is 48.6 Å². The highest BCUT2D eigenvalue weighted by Crippen LogP contribution is 2.22. The van der Waals surface area contributed by atoms with Gasteiger partial charge in [-0.15, -0.1) is 0 Å². The second-order valence-electron chi connectivity index (χ2n) is 14.5. The number of ether oxygens (including phenoxy) is 2. The number of carbonyl (C=O) groups is 1. The van der Waals surface area contributed by atoms with E-state index in [1.54, 1.807) is 6.08 Å². The molecule has 1 heterocycles. The maximum absolute atomic E-state index is 13.0. The van der Waals surface area contributed by atoms with Crippen LogP contribution in [-0.4, -0.2) is 98.7 Å². The van der Waals surface area contributed by atoms with Gasteiger partial charge < -0.3 is 45.4 Å². The summed E-state index contributed by atoms with van der Waals surface area (Å²) in [4.78, 5) is 13.0. The summed E-state index contributed by atoms with van der Waals surface area (Å²) in [6.07, 6.45) is 30.5. The average molecular weight is 752 g/mol. The first-order valence-electron chi connectivity index (χ1n) is 21.0. The molecule has 1 aliphatic rings. The Bertz CT molecular complexity index is 985. The Morgan fingerprint density at radius 3 is 1.64 bits per heavy atom. The van der Waals surface area contributed by atoms with E-state index < -0.39 is 61.5 Å². The molecule has 0 spiro atoms. The number of allylic oxidation sites excluding steroid dienone is 7. The van der Waals surface area contributed by atoms with E-state index in [1.807, 2.05) is 6.08 Å². The fourth-order valence-electron chi connectivity index (χ4n) is 6.19. The van der Waals surface area contributed by atoms with Crippen LogP contribution in [0.5, 0.6) is 0 Å². The topological polar surface area (TPSA) is 169 Å². The summed E-state index contributed by atoms with van der Waals surface area (Å²) in [5, 5.41) is 64.4. The molecule has 0 bridgehead atoms. The van der Waals surface area contributed by atoms with Crippen molar-refractivity contribution in [2.45, 2.75) is 204 Å². The quantitative estimate of drug-likeness (QED) is 0.0280. The van der Waals surface area contributed by atoms with Crippen molar-refractivity contribution < 1.29 is 44.9 Å². The first kappa shape index (κ1) is 49.1. The average Bonchev–Trinajstić information content (AvgIpc) is 3.16. The monoisotopic (exact) mass is 752 g/mol. The molecule has 1 fully saturated rings. The summed E-state index contributed by atoms with van der Waals surface area (Å²) in [6.45, 7) is 3.51. The normalized spacial score (nSPS) is 22.8. The van der Waals surface area contributed by atoms with Crippen LogP contribution in [0.25, 0.3) is 0 Å². The van der Waals surface area contributed by atoms with Crippen molar-refractivity contribution in [2.75, 3.05) is 13.2 Å². The predicted octanol–water partition coefficient (Wildman–Crippen LogP) is 6.86. The Labute approximate surface area is 321 Å². The molecule has 308 valence electrons. The van der Waals surface area contributed by atoms with Crippen LogP contribution in [0.4, 0.5) is 0 Å². The number of hydrogen-bond acceptors (Lipinski definition) is 9. The van der Waals surface area contributed by atoms with Gasteiger partial charge in [0.1, 0.15) is 30.5 Å². The van der Waals surface area contributed by atoms with Crippen molar-refractivity contribution in [3.05, 3.63) is 48.6 Å². The van der Waals surface area contributed by atoms with Crippen molar-refractivity contribution in [1.82, 2.24) is 5.32 Å². The van der Waals surface area contributed by atoms with Crippen LogP contribution in [-0.2, 0) is 14.3 Å². The molecule has 10 nitrogen and oxygen atoms in total. The maximum atomic E-state index is 13.0. The molecule has 10 heteroatoms. The van der Waals surface area contributed by atoms with Gasteiger partial charge in [0.15, 0.2) is 6.29 Å². The summed E-state index contributed by atoms with van der Waals surface area (Å²) in [5.74, 6) is -0.640. The van der Waals surface area contributed by atoms with Crippen LogP contribution in [0.3, 0.4) is 0 Å². The largest absolute Gasteiger partial charge is 0.394 e. The van der Waals surface area contributed by atoms with Crippen molar-refractivity contribution in [3.8, 4) is 0 Å². The van der Waals surface area contributed by atoms with E-state index in [2.05, 4.69) is 55.6 Å². The maximum Gasteiger partial charge on any atom is 0.249 e. The molecule has 0 aromatic heterocycles. The molecular formula is C43H77NO9. The van der Waals surface area contributed by atoms with E-state index in [4.69, 9.17) is 9.47 Å². The third-order valence-corrected chi connectivity index (χ3v) is 9.71. The highest BCUT2D eigenvalue weighted by Gasteiger charge is 2.44. The van der Waals surface area contributed by atoms with E-state index >= 15 is 0 Å². The number of amides is 1. The Morgan fingerprint density at radius 2 is 1.11 bits per heavy atom. The third kappa shape index (κ3) is 24.3. The molecule has 1 amide bonds. The van der Waals surface area contributed by atoms with E-state index in [0.717, 1.165) is 57.8 Å². The lowest BCUT2D eigenvalue weighted by molar-refractivity contribution is -0.302. The Kier molecular flexibility index (Phi) is 31.0. The fraction of sp³-hybridized carbons (Fsp3) is 0.791. The van der Waals surface area contributed by atoms with Gasteiger partial charge in [0, 0.05) is 0 Å². The highest BCUT2D eigenvalue weighted by atomic mass is 16.7. The molecule has 53 heavy (non-hydrogen) atoms. The molecule has 0 aromatic carbocycles. The minimum atomic E-state index is -1.62. The lowest BCUT2D eigenvalue weighted by atomic mass is 9.99. The number of aliphatic hydroxyl groups is 6. The molecule has 8 unspecified atom stereocenters. The van der Waals surface area contributed by atoms with Gasteiger partial charge in [-0.2, -0.15) is 0 Å². The van der Waals surface area contributed by atoms with Crippen LogP contribution in [0, 0.1) is 0 Å². The van der Waals surface area contributed by atoms with Crippen molar-refractivity contribution in [1.29, 1.82) is 0 Å². The molecular weight excluding hydrogens is 674 g/mol. The van der Waals surface area contributed by atoms with Gasteiger partial charge in [0.05, 0.1) is 25.4 Å². The molecule has 0 saturated carbocycles. The van der Waals surface area contributed by atoms with Gasteiger partial charge in [-0.1, -0.05) is 133 Å². The molecule has 1 saturated heterocycles. The molecule has 0 aromatic rings. The molecule has 0 radical (unpaired) electrons. The smallest absolute Gasteiger partial charge is 0.249 e. The van der Waals surface area contributed by atoms with Gasteiger partial charge in [-0.25, -0.2) is 0 Å². The Morgan fingerprint density at radius 1 is 0.642 bits per heavy atom. The van der Waals surface area contributed by atoms with E-state index in [-0.39, 0.29) is 6.61 Å². The van der Waals surface area contributed by atoms with E-state index in [0.29, 0.717) is 19.3 Å². The molecule has 1 aliphatic heterocycles. The summed E-state index contributed by atoms with van der Waals surface area (Å²) < 4.78 is 11.1. The summed E-state index contributed by atoms with van der Waals surface area (Å²) in [7, 11) is 0. The highest BCUT2D eigenvalue weighted by molar-refractivity contribution is 5.80. The second kappa shape index (κ2) is 33.4. The summed E-state index contributed by atoms with van der Waals surface area (Å²) in [6, 6.07) is -1.00. The fourth-order valence-corrected chi connectivity index (χ4v) is 6.19. The lowest BCUT2D eigenvalue weighted by Gasteiger charge is -2.40. The zero-order valence-corrected chi connectivity index (χ0v) is 33.1. The Balaban J connectivity index is 2.53. The summed E-state index contributed by atoms with van der Waals surface area (Å²) in [5.41, 5.74) is 0. The zero-order valence-electron chi connectivity index (χ0n) is 33.1. The zero-order chi connectivity index (χ0) is 38.9. The van der Waals surface area contributed by atoms with Crippen LogP contribution in [0.1, 0.15) is 155 Å². The van der Waals surface area contributed by atoms with Crippen LogP contribution in [0.2, 0.25) is 0 Å². The summed E-state index contributed by atoms with van der Waals surface area (Å²) >= 11 is 0. The number of nitrogens with one attached hydrogen (secondary N) is 1. The van der Waals surface area contributed by atoms with E-state index in [1.165, 1.54) is 64.2 Å². The second-order valence-corrected chi connectivity index (χ2v) is 14.5. The van der Waals surface area contributed by atoms with Gasteiger partial charge in [-0.05, 0) is 70.6 Å². The van der Waals surface area contributed by atoms with E-state index in [9.17, 15) is 35.4 Å². The van der Waals surface area contributed by atoms with Gasteiger partial charge in [0.25, 0.3) is 0 Å². The SMILES string of the molecule is CCCCCC/C=C\CCCCCCCCC(O)C(=O)NC(COC1OC(CO)C(O)C(O)C1O)C(O)/C=C/CC/C=C/CC/C=C/CCCCCC. The number of rotatable bonds is 33. The van der Waals surface area contributed by atoms with Crippen LogP contribution < -0.4 is 5.32 Å². The third-order valence-electron chi connectivity index (χ3n) is 9.71. The minimum absolute atomic E-state index is 0.292. The first-order valence-corrected chi connectivity index (χ1v) is 21.0. The number of aliphatic hydroxyl groups excluding tert-OH is 6. The van der Waals surface area contributed by atoms with Crippen molar-refractivity contribution >= 4 is 5.91 Å². The predicted molar refractivity (Wildman–Crippen MR) is 213 cm³/mol. The standard InChI is InChI=1S/C43H77NO9/c1-3-5-7-9-11-13-15-17-19-21-23-25-27-29-31-36(46)35(34-52-43-41(50)40(49)39(48)38(33-45)53-43)44-42(51)37(47)32-30-28-26-24-22-20-18-16-14-12-10-8-6-4-2/h13-16,21,23,29,31,35-41,43,45-50H,3-12,17-20,22,24-28,30,32-34H2,1-2H3,(H,44,51)/b15-13+,16-14-,23-21+,31-29+. The van der Waals surface area contributed by atoms with Crippen LogP contribution >= 0.6 is 0 Å². The van der Waals surface area contributed by atoms with Gasteiger partial charge in [0.2, 0.25) is 5.91 Å². The number of carbonyl (C=O) groups excluding carboxylic acids is 1. The molecule has 0 aliphatic carbocycles. The molecule has 8 atom stereocenters. The van der Waals surface area contributed by atoms with Crippen molar-refractivity contribution in [3.63, 3.8) is 0 Å². The Hall–Kier alpha value is -1.89. The van der Waals surface area contributed by atoms with Crippen molar-refractivity contribution in [2.24, 2.45) is 0 Å². The minimum Gasteiger partial charge on any atom is -0.394 e. The molecule has 7 N–H and O–H groups in total. The lowest BCUT2D eigenvalue weighted by Crippen LogP contribution is -2.60. The number of unbranched alkanes of at least 4 members (excludes halogenated alkanes) is 16. The number of hydrogen-bond donors (Lipinski definition) is 7. The van der Waals surface area contributed by atoms with Gasteiger partial charge in [-0.3, -0.25) is 4.79 Å². The molecule has 1 rings (SSSR count).